The number of carbonyl (C=O) groups is 1. The van der Waals surface area contributed by atoms with Crippen LogP contribution in [0.2, 0.25) is 0 Å². The van der Waals surface area contributed by atoms with Crippen LogP contribution in [0, 0.1) is 0 Å². The summed E-state index contributed by atoms with van der Waals surface area (Å²) in [4.78, 5) is 23.6. The zero-order valence-corrected chi connectivity index (χ0v) is 18.0. The lowest BCUT2D eigenvalue weighted by Crippen LogP contribution is -2.30. The number of rotatable bonds is 7. The van der Waals surface area contributed by atoms with Gasteiger partial charge in [0.25, 0.3) is 5.91 Å². The maximum Gasteiger partial charge on any atom is 0.252 e. The summed E-state index contributed by atoms with van der Waals surface area (Å²) in [5, 5.41) is 0.714. The summed E-state index contributed by atoms with van der Waals surface area (Å²) >= 11 is 5.03. The van der Waals surface area contributed by atoms with E-state index in [-0.39, 0.29) is 5.91 Å². The molecule has 0 atom stereocenters. The molecule has 0 unspecified atom stereocenters. The summed E-state index contributed by atoms with van der Waals surface area (Å²) in [7, 11) is 0. The third-order valence-corrected chi connectivity index (χ3v) is 5.95. The van der Waals surface area contributed by atoms with Crippen molar-refractivity contribution in [2.75, 3.05) is 11.4 Å². The molecule has 0 aliphatic carbocycles. The monoisotopic (exact) mass is 466 g/mol. The summed E-state index contributed by atoms with van der Waals surface area (Å²) in [6.45, 7) is 1.37. The number of anilines is 1. The highest BCUT2D eigenvalue weighted by Gasteiger charge is 2.18. The number of halogens is 1. The number of hydrogen-bond acceptors (Lipinski definition) is 4. The van der Waals surface area contributed by atoms with E-state index < -0.39 is 0 Å². The Hall–Kier alpha value is -2.77. The first-order chi connectivity index (χ1) is 14.2. The molecule has 0 aliphatic rings. The highest BCUT2D eigenvalue weighted by molar-refractivity contribution is 9.10. The number of imidazole rings is 1. The normalized spacial score (nSPS) is 11.3. The first-order valence-electron chi connectivity index (χ1n) is 9.25. The Kier molecular flexibility index (Phi) is 6.17. The molecule has 0 spiro atoms. The van der Waals surface area contributed by atoms with Crippen molar-refractivity contribution < 1.29 is 4.79 Å². The minimum atomic E-state index is -0.0717. The molecular formula is C22H19BrN4OS. The predicted molar refractivity (Wildman–Crippen MR) is 122 cm³/mol. The maximum atomic E-state index is 13.0. The zero-order valence-electron chi connectivity index (χ0n) is 15.6. The standard InChI is InChI=1S/C22H19BrN4OS/c23-18-8-9-19-20(15-18)29-22(25-19)27(13-4-12-26-14-11-24-16-26)21(28)10-7-17-5-2-1-3-6-17/h1-3,5-11,14-16H,4,12-13H2/b10-7+. The van der Waals surface area contributed by atoms with Crippen LogP contribution in [0.1, 0.15) is 12.0 Å². The number of amides is 1. The van der Waals surface area contributed by atoms with Gasteiger partial charge in [-0.25, -0.2) is 9.97 Å². The Balaban J connectivity index is 1.56. The van der Waals surface area contributed by atoms with Crippen LogP contribution < -0.4 is 4.90 Å². The van der Waals surface area contributed by atoms with Crippen molar-refractivity contribution in [3.63, 3.8) is 0 Å². The third-order valence-electron chi connectivity index (χ3n) is 4.41. The van der Waals surface area contributed by atoms with Gasteiger partial charge in [-0.3, -0.25) is 9.69 Å². The summed E-state index contributed by atoms with van der Waals surface area (Å²) in [6, 6.07) is 15.8. The van der Waals surface area contributed by atoms with Crippen LogP contribution in [0.25, 0.3) is 16.3 Å². The van der Waals surface area contributed by atoms with Crippen molar-refractivity contribution in [1.82, 2.24) is 14.5 Å². The number of thiazole rings is 1. The van der Waals surface area contributed by atoms with E-state index >= 15 is 0 Å². The fourth-order valence-corrected chi connectivity index (χ4v) is 4.50. The summed E-state index contributed by atoms with van der Waals surface area (Å²) in [5.41, 5.74) is 1.89. The molecular weight excluding hydrogens is 448 g/mol. The lowest BCUT2D eigenvalue weighted by Gasteiger charge is -2.18. The number of nitrogens with zero attached hydrogens (tertiary/aromatic N) is 4. The molecule has 4 rings (SSSR count). The highest BCUT2D eigenvalue weighted by Crippen LogP contribution is 2.31. The van der Waals surface area contributed by atoms with Crippen molar-refractivity contribution in [2.24, 2.45) is 0 Å². The molecule has 2 heterocycles. The minimum Gasteiger partial charge on any atom is -0.337 e. The van der Waals surface area contributed by atoms with E-state index in [4.69, 9.17) is 4.98 Å². The van der Waals surface area contributed by atoms with Gasteiger partial charge in [0.15, 0.2) is 5.13 Å². The molecule has 0 radical (unpaired) electrons. The molecule has 2 aromatic carbocycles. The predicted octanol–water partition coefficient (Wildman–Crippen LogP) is 5.39. The van der Waals surface area contributed by atoms with E-state index in [9.17, 15) is 4.79 Å². The summed E-state index contributed by atoms with van der Waals surface area (Å²) in [6.07, 6.45) is 9.74. The lowest BCUT2D eigenvalue weighted by atomic mass is 10.2. The zero-order chi connectivity index (χ0) is 20.1. The number of aromatic nitrogens is 3. The molecule has 4 aromatic rings. The smallest absolute Gasteiger partial charge is 0.252 e. The Labute approximate surface area is 181 Å². The largest absolute Gasteiger partial charge is 0.337 e. The van der Waals surface area contributed by atoms with Gasteiger partial charge in [0.1, 0.15) is 0 Å². The second kappa shape index (κ2) is 9.15. The van der Waals surface area contributed by atoms with Crippen molar-refractivity contribution in [3.8, 4) is 0 Å². The number of benzene rings is 2. The van der Waals surface area contributed by atoms with E-state index in [1.165, 1.54) is 11.3 Å². The Morgan fingerprint density at radius 1 is 1.21 bits per heavy atom. The quantitative estimate of drug-likeness (QED) is 0.343. The van der Waals surface area contributed by atoms with E-state index in [0.29, 0.717) is 11.7 Å². The minimum absolute atomic E-state index is 0.0717. The molecule has 5 nitrogen and oxygen atoms in total. The van der Waals surface area contributed by atoms with E-state index in [1.807, 2.05) is 65.4 Å². The molecule has 29 heavy (non-hydrogen) atoms. The first kappa shape index (κ1) is 19.5. The van der Waals surface area contributed by atoms with E-state index in [1.54, 1.807) is 23.5 Å². The summed E-state index contributed by atoms with van der Waals surface area (Å²) < 4.78 is 4.06. The van der Waals surface area contributed by atoms with Crippen LogP contribution in [0.3, 0.4) is 0 Å². The van der Waals surface area contributed by atoms with Gasteiger partial charge < -0.3 is 4.57 Å². The van der Waals surface area contributed by atoms with Crippen LogP contribution in [0.4, 0.5) is 5.13 Å². The fourth-order valence-electron chi connectivity index (χ4n) is 2.95. The van der Waals surface area contributed by atoms with Crippen molar-refractivity contribution in [2.45, 2.75) is 13.0 Å². The SMILES string of the molecule is O=C(/C=C/c1ccccc1)N(CCCn1ccnc1)c1nc2ccc(Br)cc2s1. The van der Waals surface area contributed by atoms with Crippen LogP contribution in [-0.2, 0) is 11.3 Å². The molecule has 0 bridgehead atoms. The second-order valence-electron chi connectivity index (χ2n) is 6.50. The summed E-state index contributed by atoms with van der Waals surface area (Å²) in [5.74, 6) is -0.0717. The number of fused-ring (bicyclic) bond motifs is 1. The second-order valence-corrected chi connectivity index (χ2v) is 8.42. The fraction of sp³-hybridized carbons (Fsp3) is 0.136. The topological polar surface area (TPSA) is 51.0 Å². The van der Waals surface area contributed by atoms with Crippen LogP contribution >= 0.6 is 27.3 Å². The van der Waals surface area contributed by atoms with Gasteiger partial charge >= 0.3 is 0 Å². The molecule has 2 aromatic heterocycles. The van der Waals surface area contributed by atoms with Gasteiger partial charge in [0.05, 0.1) is 16.5 Å². The molecule has 0 N–H and O–H groups in total. The molecule has 0 saturated carbocycles. The number of aryl methyl sites for hydroxylation is 1. The molecule has 0 fully saturated rings. The molecule has 0 saturated heterocycles. The Bertz CT molecular complexity index is 1120. The van der Waals surface area contributed by atoms with Crippen molar-refractivity contribution in [1.29, 1.82) is 0 Å². The molecule has 7 heteroatoms. The van der Waals surface area contributed by atoms with Crippen molar-refractivity contribution >= 4 is 54.6 Å². The highest BCUT2D eigenvalue weighted by atomic mass is 79.9. The van der Waals surface area contributed by atoms with Crippen LogP contribution in [-0.4, -0.2) is 27.0 Å². The van der Waals surface area contributed by atoms with Gasteiger partial charge in [-0.05, 0) is 36.3 Å². The van der Waals surface area contributed by atoms with Gasteiger partial charge in [0, 0.05) is 36.0 Å². The molecule has 1 amide bonds. The Morgan fingerprint density at radius 2 is 2.07 bits per heavy atom. The first-order valence-corrected chi connectivity index (χ1v) is 10.9. The van der Waals surface area contributed by atoms with Gasteiger partial charge in [-0.2, -0.15) is 0 Å². The van der Waals surface area contributed by atoms with Gasteiger partial charge in [0.2, 0.25) is 0 Å². The average molecular weight is 467 g/mol. The maximum absolute atomic E-state index is 13.0. The van der Waals surface area contributed by atoms with E-state index in [0.717, 1.165) is 33.2 Å². The number of carbonyl (C=O) groups excluding carboxylic acids is 1. The lowest BCUT2D eigenvalue weighted by molar-refractivity contribution is -0.114. The number of hydrogen-bond donors (Lipinski definition) is 0. The van der Waals surface area contributed by atoms with Crippen molar-refractivity contribution in [3.05, 3.63) is 83.4 Å². The molecule has 0 aliphatic heterocycles. The van der Waals surface area contributed by atoms with Crippen LogP contribution in [0.5, 0.6) is 0 Å². The molecule has 146 valence electrons. The van der Waals surface area contributed by atoms with Crippen LogP contribution in [0.15, 0.2) is 77.8 Å². The average Bonchev–Trinajstić information content (AvgIpc) is 3.39. The van der Waals surface area contributed by atoms with Gasteiger partial charge in [-0.1, -0.05) is 57.6 Å². The van der Waals surface area contributed by atoms with Gasteiger partial charge in [-0.15, -0.1) is 0 Å². The third kappa shape index (κ3) is 4.99. The van der Waals surface area contributed by atoms with E-state index in [2.05, 4.69) is 20.9 Å². The Morgan fingerprint density at radius 3 is 2.86 bits per heavy atom.